The molecular weight excluding hydrogens is 328 g/mol. The monoisotopic (exact) mass is 362 g/mol. The largest absolute Gasteiger partial charge is 0.355 e. The number of piperazine rings is 3. The fourth-order valence-corrected chi connectivity index (χ4v) is 5.17. The second kappa shape index (κ2) is 7.72. The van der Waals surface area contributed by atoms with Crippen LogP contribution in [0.1, 0.15) is 25.7 Å². The van der Waals surface area contributed by atoms with Crippen LogP contribution in [0.3, 0.4) is 0 Å². The van der Waals surface area contributed by atoms with Crippen molar-refractivity contribution in [2.24, 2.45) is 16.8 Å². The van der Waals surface area contributed by atoms with Gasteiger partial charge in [0.1, 0.15) is 6.54 Å². The average Bonchev–Trinajstić information content (AvgIpc) is 3.27. The van der Waals surface area contributed by atoms with E-state index in [9.17, 15) is 4.79 Å². The number of hydrogen-bond acceptors (Lipinski definition) is 4. The van der Waals surface area contributed by atoms with Crippen LogP contribution in [0.25, 0.3) is 0 Å². The minimum atomic E-state index is 0.0469. The molecule has 0 aromatic rings. The van der Waals surface area contributed by atoms with Crippen molar-refractivity contribution in [3.63, 3.8) is 0 Å². The van der Waals surface area contributed by atoms with Crippen LogP contribution >= 0.6 is 0 Å². The van der Waals surface area contributed by atoms with Gasteiger partial charge in [0.15, 0.2) is 5.96 Å². The van der Waals surface area contributed by atoms with Gasteiger partial charge in [-0.25, -0.2) is 4.99 Å². The van der Waals surface area contributed by atoms with Crippen LogP contribution < -0.4 is 10.6 Å². The molecule has 4 unspecified atom stereocenters. The van der Waals surface area contributed by atoms with E-state index >= 15 is 0 Å². The van der Waals surface area contributed by atoms with Gasteiger partial charge in [0.05, 0.1) is 0 Å². The zero-order valence-corrected chi connectivity index (χ0v) is 16.3. The number of guanidine groups is 1. The number of carbonyl (C=O) groups is 1. The van der Waals surface area contributed by atoms with E-state index in [1.165, 1.54) is 51.9 Å². The molecule has 3 saturated heterocycles. The fraction of sp³-hybridized carbons (Fsp3) is 0.895. The topological polar surface area (TPSA) is 63.2 Å². The molecule has 3 heterocycles. The Kier molecular flexibility index (Phi) is 5.36. The third-order valence-electron chi connectivity index (χ3n) is 6.83. The first-order chi connectivity index (χ1) is 12.6. The molecule has 26 heavy (non-hydrogen) atoms. The van der Waals surface area contributed by atoms with Gasteiger partial charge in [0.2, 0.25) is 5.91 Å². The molecule has 5 aliphatic rings. The Morgan fingerprint density at radius 2 is 1.96 bits per heavy atom. The molecule has 0 aromatic heterocycles. The summed E-state index contributed by atoms with van der Waals surface area (Å²) in [4.78, 5) is 23.3. The van der Waals surface area contributed by atoms with Gasteiger partial charge < -0.3 is 15.5 Å². The van der Waals surface area contributed by atoms with Crippen molar-refractivity contribution >= 4 is 11.9 Å². The third-order valence-corrected chi connectivity index (χ3v) is 6.83. The van der Waals surface area contributed by atoms with Gasteiger partial charge in [0, 0.05) is 65.4 Å². The molecular formula is C19H34N6O. The van der Waals surface area contributed by atoms with Crippen molar-refractivity contribution in [3.05, 3.63) is 0 Å². The summed E-state index contributed by atoms with van der Waals surface area (Å²) in [5.41, 5.74) is 0. The molecule has 2 N–H and O–H groups in total. The lowest BCUT2D eigenvalue weighted by Crippen LogP contribution is -2.64. The molecule has 2 saturated carbocycles. The lowest BCUT2D eigenvalue weighted by atomic mass is 9.95. The van der Waals surface area contributed by atoms with Crippen molar-refractivity contribution in [1.29, 1.82) is 0 Å². The number of nitrogens with one attached hydrogen (secondary N) is 2. The van der Waals surface area contributed by atoms with Crippen LogP contribution in [-0.4, -0.2) is 98.6 Å². The molecule has 4 atom stereocenters. The molecule has 4 bridgehead atoms. The lowest BCUT2D eigenvalue weighted by Gasteiger charge is -2.47. The van der Waals surface area contributed by atoms with Gasteiger partial charge in [-0.2, -0.15) is 0 Å². The number of hydrogen-bond donors (Lipinski definition) is 2. The first-order valence-corrected chi connectivity index (χ1v) is 10.3. The standard InChI is InChI=1S/C19H34N6O/c1-23(2)18(26)12-21-19(22-17-10-14-3-4-15(17)9-14)20-11-16-13-24-5-7-25(16)8-6-24/h14-17H,3-13H2,1-2H3,(H2,20,21,22). The molecule has 1 amide bonds. The minimum Gasteiger partial charge on any atom is -0.355 e. The van der Waals surface area contributed by atoms with Crippen LogP contribution in [0, 0.1) is 11.8 Å². The Hall–Kier alpha value is -1.34. The molecule has 5 rings (SSSR count). The molecule has 146 valence electrons. The number of amides is 1. The number of fused-ring (bicyclic) bond motifs is 5. The van der Waals surface area contributed by atoms with Crippen molar-refractivity contribution in [2.45, 2.75) is 37.8 Å². The van der Waals surface area contributed by atoms with E-state index in [0.29, 0.717) is 12.1 Å². The van der Waals surface area contributed by atoms with E-state index in [0.717, 1.165) is 30.9 Å². The van der Waals surface area contributed by atoms with Crippen LogP contribution in [0.5, 0.6) is 0 Å². The van der Waals surface area contributed by atoms with E-state index in [1.807, 2.05) is 0 Å². The number of aliphatic imine (C=N–C) groups is 1. The highest BCUT2D eigenvalue weighted by Gasteiger charge is 2.40. The van der Waals surface area contributed by atoms with E-state index < -0.39 is 0 Å². The highest BCUT2D eigenvalue weighted by Crippen LogP contribution is 2.44. The molecule has 7 nitrogen and oxygen atoms in total. The van der Waals surface area contributed by atoms with Crippen molar-refractivity contribution in [2.75, 3.05) is 59.9 Å². The van der Waals surface area contributed by atoms with Crippen LogP contribution in [0.2, 0.25) is 0 Å². The van der Waals surface area contributed by atoms with Gasteiger partial charge in [-0.05, 0) is 31.1 Å². The Labute approximate surface area is 157 Å². The van der Waals surface area contributed by atoms with Crippen molar-refractivity contribution in [1.82, 2.24) is 25.3 Å². The summed E-state index contributed by atoms with van der Waals surface area (Å²) in [6, 6.07) is 1.08. The van der Waals surface area contributed by atoms with E-state index in [2.05, 4.69) is 25.4 Å². The maximum Gasteiger partial charge on any atom is 0.243 e. The van der Waals surface area contributed by atoms with Crippen molar-refractivity contribution in [3.8, 4) is 0 Å². The summed E-state index contributed by atoms with van der Waals surface area (Å²) < 4.78 is 0. The van der Waals surface area contributed by atoms with Gasteiger partial charge in [-0.15, -0.1) is 0 Å². The van der Waals surface area contributed by atoms with Gasteiger partial charge in [0.25, 0.3) is 0 Å². The van der Waals surface area contributed by atoms with E-state index in [4.69, 9.17) is 0 Å². The number of rotatable bonds is 5. The Morgan fingerprint density at radius 3 is 2.54 bits per heavy atom. The Bertz CT molecular complexity index is 542. The number of nitrogens with zero attached hydrogens (tertiary/aromatic N) is 4. The maximum atomic E-state index is 12.0. The second-order valence-electron chi connectivity index (χ2n) is 8.75. The molecule has 5 fully saturated rings. The van der Waals surface area contributed by atoms with E-state index in [1.54, 1.807) is 19.0 Å². The van der Waals surface area contributed by atoms with Gasteiger partial charge >= 0.3 is 0 Å². The molecule has 0 aromatic carbocycles. The molecule has 0 radical (unpaired) electrons. The van der Waals surface area contributed by atoms with Crippen LogP contribution in [0.4, 0.5) is 0 Å². The van der Waals surface area contributed by atoms with Crippen LogP contribution in [-0.2, 0) is 4.79 Å². The summed E-state index contributed by atoms with van der Waals surface area (Å²) in [5.74, 6) is 2.56. The highest BCUT2D eigenvalue weighted by atomic mass is 16.2. The summed E-state index contributed by atoms with van der Waals surface area (Å²) in [6.07, 6.45) is 5.37. The van der Waals surface area contributed by atoms with Crippen LogP contribution in [0.15, 0.2) is 4.99 Å². The van der Waals surface area contributed by atoms with Gasteiger partial charge in [-0.3, -0.25) is 14.6 Å². The fourth-order valence-electron chi connectivity index (χ4n) is 5.17. The van der Waals surface area contributed by atoms with Gasteiger partial charge in [-0.1, -0.05) is 6.42 Å². The van der Waals surface area contributed by atoms with Crippen molar-refractivity contribution < 1.29 is 4.79 Å². The molecule has 3 aliphatic heterocycles. The SMILES string of the molecule is CN(C)C(=O)CN=C(NCC1CN2CCN1CC2)NC1CC2CCC1C2. The first kappa shape index (κ1) is 18.0. The molecule has 2 aliphatic carbocycles. The Morgan fingerprint density at radius 1 is 1.15 bits per heavy atom. The molecule has 7 heteroatoms. The number of carbonyl (C=O) groups excluding carboxylic acids is 1. The smallest absolute Gasteiger partial charge is 0.243 e. The highest BCUT2D eigenvalue weighted by molar-refractivity contribution is 5.85. The minimum absolute atomic E-state index is 0.0469. The average molecular weight is 363 g/mol. The summed E-state index contributed by atoms with van der Waals surface area (Å²) >= 11 is 0. The zero-order valence-electron chi connectivity index (χ0n) is 16.3. The first-order valence-electron chi connectivity index (χ1n) is 10.3. The summed E-state index contributed by atoms with van der Waals surface area (Å²) in [5, 5.41) is 7.22. The normalized spacial score (nSPS) is 38.5. The van der Waals surface area contributed by atoms with E-state index in [-0.39, 0.29) is 12.5 Å². The second-order valence-corrected chi connectivity index (χ2v) is 8.75. The summed E-state index contributed by atoms with van der Waals surface area (Å²) in [7, 11) is 3.57. The predicted octanol–water partition coefficient (Wildman–Crippen LogP) is -0.202. The number of likely N-dealkylation sites (N-methyl/N-ethyl adjacent to an activating group) is 1. The lowest BCUT2D eigenvalue weighted by molar-refractivity contribution is -0.127. The predicted molar refractivity (Wildman–Crippen MR) is 103 cm³/mol. The summed E-state index contributed by atoms with van der Waals surface area (Å²) in [6.45, 7) is 7.03. The third kappa shape index (κ3) is 3.98. The Balaban J connectivity index is 1.35. The molecule has 0 spiro atoms. The zero-order chi connectivity index (χ0) is 18.1. The maximum absolute atomic E-state index is 12.0. The quantitative estimate of drug-likeness (QED) is 0.524.